The number of hydrogen-bond donors (Lipinski definition) is 1. The van der Waals surface area contributed by atoms with Gasteiger partial charge in [0, 0.05) is 7.05 Å². The molecule has 0 spiro atoms. The molecule has 0 aliphatic carbocycles. The Morgan fingerprint density at radius 1 is 1.09 bits per heavy atom. The number of rotatable bonds is 6. The lowest BCUT2D eigenvalue weighted by Gasteiger charge is -2.20. The molecule has 0 bridgehead atoms. The molecule has 0 unspecified atom stereocenters. The molecule has 0 atom stereocenters. The van der Waals surface area contributed by atoms with Crippen LogP contribution in [0.2, 0.25) is 0 Å². The summed E-state index contributed by atoms with van der Waals surface area (Å²) in [5.74, 6) is 0.215. The second-order valence-corrected chi connectivity index (χ2v) is 6.91. The number of benzene rings is 2. The highest BCUT2D eigenvalue weighted by atomic mass is 32.2. The highest BCUT2D eigenvalue weighted by molar-refractivity contribution is 7.92. The Hall–Kier alpha value is -2.54. The SMILES string of the molecule is CN(c1ccccc1NC(=O)COc1ccccc1)S(C)(=O)=O. The topological polar surface area (TPSA) is 75.7 Å². The van der Waals surface area contributed by atoms with Crippen molar-refractivity contribution in [3.05, 3.63) is 54.6 Å². The van der Waals surface area contributed by atoms with E-state index in [1.807, 2.05) is 18.2 Å². The number of anilines is 2. The number of nitrogens with zero attached hydrogens (tertiary/aromatic N) is 1. The first-order valence-corrected chi connectivity index (χ1v) is 8.73. The summed E-state index contributed by atoms with van der Waals surface area (Å²) in [6.45, 7) is -0.166. The van der Waals surface area contributed by atoms with E-state index in [0.29, 0.717) is 17.1 Å². The number of nitrogens with one attached hydrogen (secondary N) is 1. The average Bonchev–Trinajstić information content (AvgIpc) is 2.53. The van der Waals surface area contributed by atoms with Crippen molar-refractivity contribution in [1.82, 2.24) is 0 Å². The number of carbonyl (C=O) groups excluding carboxylic acids is 1. The molecule has 7 heteroatoms. The lowest BCUT2D eigenvalue weighted by molar-refractivity contribution is -0.118. The van der Waals surface area contributed by atoms with Gasteiger partial charge in [-0.3, -0.25) is 9.10 Å². The van der Waals surface area contributed by atoms with Crippen LogP contribution in [0.5, 0.6) is 5.75 Å². The van der Waals surface area contributed by atoms with E-state index in [4.69, 9.17) is 4.74 Å². The molecular formula is C16H18N2O4S. The molecule has 6 nitrogen and oxygen atoms in total. The maximum atomic E-state index is 12.0. The lowest BCUT2D eigenvalue weighted by Crippen LogP contribution is -2.27. The fourth-order valence-electron chi connectivity index (χ4n) is 1.88. The Balaban J connectivity index is 2.07. The molecule has 23 heavy (non-hydrogen) atoms. The van der Waals surface area contributed by atoms with E-state index in [2.05, 4.69) is 5.32 Å². The quantitative estimate of drug-likeness (QED) is 0.878. The molecule has 122 valence electrons. The summed E-state index contributed by atoms with van der Waals surface area (Å²) in [4.78, 5) is 12.0. The number of sulfonamides is 1. The van der Waals surface area contributed by atoms with Crippen molar-refractivity contribution in [2.24, 2.45) is 0 Å². The first kappa shape index (κ1) is 16.8. The third-order valence-corrected chi connectivity index (χ3v) is 4.32. The van der Waals surface area contributed by atoms with Crippen molar-refractivity contribution in [2.75, 3.05) is 29.5 Å². The monoisotopic (exact) mass is 334 g/mol. The number of ether oxygens (including phenoxy) is 1. The van der Waals surface area contributed by atoms with Gasteiger partial charge in [0.05, 0.1) is 17.6 Å². The van der Waals surface area contributed by atoms with E-state index < -0.39 is 10.0 Å². The van der Waals surface area contributed by atoms with Crippen molar-refractivity contribution in [1.29, 1.82) is 0 Å². The molecule has 2 rings (SSSR count). The molecule has 1 amide bonds. The van der Waals surface area contributed by atoms with Crippen LogP contribution in [0.4, 0.5) is 11.4 Å². The molecule has 0 aromatic heterocycles. The van der Waals surface area contributed by atoms with Crippen LogP contribution in [0.1, 0.15) is 0 Å². The molecule has 0 saturated carbocycles. The predicted octanol–water partition coefficient (Wildman–Crippen LogP) is 2.10. The standard InChI is InChI=1S/C16H18N2O4S/c1-18(23(2,20)21)15-11-7-6-10-14(15)17-16(19)12-22-13-8-4-3-5-9-13/h3-11H,12H2,1-2H3,(H,17,19). The molecule has 2 aromatic rings. The largest absolute Gasteiger partial charge is 0.484 e. The molecule has 0 heterocycles. The van der Waals surface area contributed by atoms with Crippen LogP contribution in [0.25, 0.3) is 0 Å². The van der Waals surface area contributed by atoms with Gasteiger partial charge in [-0.15, -0.1) is 0 Å². The number of para-hydroxylation sites is 3. The van der Waals surface area contributed by atoms with E-state index in [-0.39, 0.29) is 12.5 Å². The van der Waals surface area contributed by atoms with Crippen LogP contribution in [-0.4, -0.2) is 34.2 Å². The molecule has 0 aliphatic rings. The second kappa shape index (κ2) is 7.15. The van der Waals surface area contributed by atoms with Gasteiger partial charge in [-0.1, -0.05) is 30.3 Å². The zero-order valence-corrected chi connectivity index (χ0v) is 13.7. The third-order valence-electron chi connectivity index (χ3n) is 3.13. The van der Waals surface area contributed by atoms with Gasteiger partial charge in [0.1, 0.15) is 5.75 Å². The van der Waals surface area contributed by atoms with Gasteiger partial charge in [0.25, 0.3) is 5.91 Å². The Bertz CT molecular complexity index is 776. The zero-order chi connectivity index (χ0) is 16.9. The lowest BCUT2D eigenvalue weighted by atomic mass is 10.2. The van der Waals surface area contributed by atoms with E-state index in [1.165, 1.54) is 7.05 Å². The van der Waals surface area contributed by atoms with Crippen LogP contribution in [0.3, 0.4) is 0 Å². The predicted molar refractivity (Wildman–Crippen MR) is 90.3 cm³/mol. The summed E-state index contributed by atoms with van der Waals surface area (Å²) in [6, 6.07) is 15.6. The zero-order valence-electron chi connectivity index (χ0n) is 12.9. The summed E-state index contributed by atoms with van der Waals surface area (Å²) in [6.07, 6.45) is 1.10. The van der Waals surface area contributed by atoms with E-state index >= 15 is 0 Å². The summed E-state index contributed by atoms with van der Waals surface area (Å²) < 4.78 is 29.8. The minimum atomic E-state index is -3.42. The van der Waals surface area contributed by atoms with Crippen LogP contribution < -0.4 is 14.4 Å². The van der Waals surface area contributed by atoms with Gasteiger partial charge in [-0.05, 0) is 24.3 Å². The first-order chi connectivity index (χ1) is 10.9. The van der Waals surface area contributed by atoms with Crippen molar-refractivity contribution >= 4 is 27.3 Å². The van der Waals surface area contributed by atoms with Crippen LogP contribution >= 0.6 is 0 Å². The fraction of sp³-hybridized carbons (Fsp3) is 0.188. The van der Waals surface area contributed by atoms with Gasteiger partial charge in [-0.25, -0.2) is 8.42 Å². The summed E-state index contributed by atoms with van der Waals surface area (Å²) in [7, 11) is -1.99. The minimum absolute atomic E-state index is 0.166. The van der Waals surface area contributed by atoms with Crippen LogP contribution in [-0.2, 0) is 14.8 Å². The Kier molecular flexibility index (Phi) is 5.23. The summed E-state index contributed by atoms with van der Waals surface area (Å²) in [5.41, 5.74) is 0.796. The normalized spacial score (nSPS) is 10.9. The number of hydrogen-bond acceptors (Lipinski definition) is 4. The number of carbonyl (C=O) groups is 1. The van der Waals surface area contributed by atoms with Gasteiger partial charge in [0.15, 0.2) is 6.61 Å². The van der Waals surface area contributed by atoms with Gasteiger partial charge >= 0.3 is 0 Å². The highest BCUT2D eigenvalue weighted by Crippen LogP contribution is 2.26. The van der Waals surface area contributed by atoms with Gasteiger partial charge in [-0.2, -0.15) is 0 Å². The van der Waals surface area contributed by atoms with Crippen molar-refractivity contribution < 1.29 is 17.9 Å². The molecule has 0 saturated heterocycles. The van der Waals surface area contributed by atoms with Crippen LogP contribution in [0, 0.1) is 0 Å². The average molecular weight is 334 g/mol. The Labute approximate surface area is 135 Å². The highest BCUT2D eigenvalue weighted by Gasteiger charge is 2.16. The molecule has 0 radical (unpaired) electrons. The van der Waals surface area contributed by atoms with E-state index in [1.54, 1.807) is 36.4 Å². The van der Waals surface area contributed by atoms with Gasteiger partial charge in [0.2, 0.25) is 10.0 Å². The van der Waals surface area contributed by atoms with E-state index in [9.17, 15) is 13.2 Å². The minimum Gasteiger partial charge on any atom is -0.484 e. The summed E-state index contributed by atoms with van der Waals surface area (Å²) in [5, 5.41) is 2.66. The Morgan fingerprint density at radius 3 is 2.35 bits per heavy atom. The third kappa shape index (κ3) is 4.72. The molecular weight excluding hydrogens is 316 g/mol. The number of amides is 1. The molecule has 0 aliphatic heterocycles. The molecule has 0 fully saturated rings. The summed E-state index contributed by atoms with van der Waals surface area (Å²) >= 11 is 0. The van der Waals surface area contributed by atoms with Crippen molar-refractivity contribution in [3.8, 4) is 5.75 Å². The van der Waals surface area contributed by atoms with Gasteiger partial charge < -0.3 is 10.1 Å². The second-order valence-electron chi connectivity index (χ2n) is 4.90. The Morgan fingerprint density at radius 2 is 1.70 bits per heavy atom. The molecule has 2 aromatic carbocycles. The first-order valence-electron chi connectivity index (χ1n) is 6.88. The molecule has 1 N–H and O–H groups in total. The van der Waals surface area contributed by atoms with Crippen LogP contribution in [0.15, 0.2) is 54.6 Å². The van der Waals surface area contributed by atoms with Crippen molar-refractivity contribution in [3.63, 3.8) is 0 Å². The fourth-order valence-corrected chi connectivity index (χ4v) is 2.40. The maximum Gasteiger partial charge on any atom is 0.262 e. The van der Waals surface area contributed by atoms with E-state index in [0.717, 1.165) is 10.6 Å². The smallest absolute Gasteiger partial charge is 0.262 e. The van der Waals surface area contributed by atoms with Crippen molar-refractivity contribution in [2.45, 2.75) is 0 Å². The maximum absolute atomic E-state index is 12.0.